The molecule has 162 valence electrons. The van der Waals surface area contributed by atoms with Crippen molar-refractivity contribution in [1.29, 1.82) is 0 Å². The molecular formula is C24H21N3O5. The van der Waals surface area contributed by atoms with Crippen molar-refractivity contribution in [3.8, 4) is 11.4 Å². The SMILES string of the molecule is CCOC(=O)c1cn(-c2ccccc2C=CC(=O)CC(=O)C=Cc2ccc(O)cc2)nn1. The van der Waals surface area contributed by atoms with E-state index in [-0.39, 0.29) is 36.0 Å². The number of ketones is 2. The summed E-state index contributed by atoms with van der Waals surface area (Å²) in [5.41, 5.74) is 2.09. The number of esters is 1. The number of aromatic nitrogens is 3. The lowest BCUT2D eigenvalue weighted by molar-refractivity contribution is -0.121. The van der Waals surface area contributed by atoms with Crippen LogP contribution in [0.1, 0.15) is 35.0 Å². The minimum atomic E-state index is -0.569. The fourth-order valence-electron chi connectivity index (χ4n) is 2.76. The quantitative estimate of drug-likeness (QED) is 0.314. The number of ether oxygens (including phenoxy) is 1. The highest BCUT2D eigenvalue weighted by molar-refractivity contribution is 6.11. The molecule has 0 amide bonds. The number of aromatic hydroxyl groups is 1. The zero-order valence-electron chi connectivity index (χ0n) is 17.3. The Morgan fingerprint density at radius 2 is 1.69 bits per heavy atom. The van der Waals surface area contributed by atoms with Crippen molar-refractivity contribution in [2.45, 2.75) is 13.3 Å². The molecule has 3 aromatic rings. The van der Waals surface area contributed by atoms with Crippen molar-refractivity contribution in [2.24, 2.45) is 0 Å². The number of phenols is 1. The summed E-state index contributed by atoms with van der Waals surface area (Å²) in [5.74, 6) is -1.12. The van der Waals surface area contributed by atoms with Crippen LogP contribution < -0.4 is 0 Å². The van der Waals surface area contributed by atoms with Crippen molar-refractivity contribution in [1.82, 2.24) is 15.0 Å². The predicted octanol–water partition coefficient (Wildman–Crippen LogP) is 3.40. The molecule has 0 bridgehead atoms. The van der Waals surface area contributed by atoms with E-state index in [9.17, 15) is 19.5 Å². The number of carbonyl (C=O) groups excluding carboxylic acids is 3. The first kappa shape index (κ1) is 22.4. The Kier molecular flexibility index (Phi) is 7.42. The fraction of sp³-hybridized carbons (Fsp3) is 0.125. The third kappa shape index (κ3) is 6.09. The predicted molar refractivity (Wildman–Crippen MR) is 118 cm³/mol. The van der Waals surface area contributed by atoms with Crippen molar-refractivity contribution in [3.63, 3.8) is 0 Å². The summed E-state index contributed by atoms with van der Waals surface area (Å²) in [7, 11) is 0. The van der Waals surface area contributed by atoms with E-state index in [0.717, 1.165) is 5.56 Å². The second kappa shape index (κ2) is 10.6. The standard InChI is InChI=1S/C24H21N3O5/c1-2-32-24(31)22-16-27(26-25-22)23-6-4-3-5-18(23)10-14-21(30)15-20(29)13-9-17-7-11-19(28)12-8-17/h3-14,16,28H,2,15H2,1H3. The topological polar surface area (TPSA) is 111 Å². The van der Waals surface area contributed by atoms with Crippen molar-refractivity contribution in [2.75, 3.05) is 6.61 Å². The number of allylic oxidation sites excluding steroid dienone is 2. The molecule has 0 saturated heterocycles. The van der Waals surface area contributed by atoms with Gasteiger partial charge in [-0.25, -0.2) is 9.48 Å². The van der Waals surface area contributed by atoms with Gasteiger partial charge in [0, 0.05) is 5.56 Å². The van der Waals surface area contributed by atoms with Gasteiger partial charge in [-0.3, -0.25) is 9.59 Å². The lowest BCUT2D eigenvalue weighted by atomic mass is 10.1. The van der Waals surface area contributed by atoms with Gasteiger partial charge in [-0.1, -0.05) is 41.6 Å². The van der Waals surface area contributed by atoms with Crippen LogP contribution in [0.25, 0.3) is 17.8 Å². The van der Waals surface area contributed by atoms with Gasteiger partial charge in [-0.15, -0.1) is 5.10 Å². The van der Waals surface area contributed by atoms with Crippen LogP contribution in [0.2, 0.25) is 0 Å². The van der Waals surface area contributed by atoms with Crippen LogP contribution in [0.15, 0.2) is 66.9 Å². The van der Waals surface area contributed by atoms with Crippen LogP contribution in [0, 0.1) is 0 Å². The van der Waals surface area contributed by atoms with E-state index < -0.39 is 5.97 Å². The molecule has 0 aliphatic carbocycles. The molecule has 0 radical (unpaired) electrons. The van der Waals surface area contributed by atoms with E-state index in [4.69, 9.17) is 4.74 Å². The molecule has 8 nitrogen and oxygen atoms in total. The van der Waals surface area contributed by atoms with E-state index in [0.29, 0.717) is 11.3 Å². The number of nitrogens with zero attached hydrogens (tertiary/aromatic N) is 3. The van der Waals surface area contributed by atoms with Gasteiger partial charge >= 0.3 is 5.97 Å². The Hall–Kier alpha value is -4.33. The first-order valence-corrected chi connectivity index (χ1v) is 9.86. The lowest BCUT2D eigenvalue weighted by Gasteiger charge is -2.04. The molecule has 1 N–H and O–H groups in total. The number of para-hydroxylation sites is 1. The monoisotopic (exact) mass is 431 g/mol. The van der Waals surface area contributed by atoms with Gasteiger partial charge in [0.05, 0.1) is 24.9 Å². The summed E-state index contributed by atoms with van der Waals surface area (Å²) in [5, 5.41) is 17.0. The molecule has 0 aliphatic heterocycles. The highest BCUT2D eigenvalue weighted by Crippen LogP contribution is 2.16. The van der Waals surface area contributed by atoms with Gasteiger partial charge in [0.2, 0.25) is 0 Å². The molecule has 8 heteroatoms. The van der Waals surface area contributed by atoms with Gasteiger partial charge in [0.25, 0.3) is 0 Å². The highest BCUT2D eigenvalue weighted by Gasteiger charge is 2.13. The summed E-state index contributed by atoms with van der Waals surface area (Å²) < 4.78 is 6.33. The average molecular weight is 431 g/mol. The molecule has 2 aromatic carbocycles. The maximum absolute atomic E-state index is 12.2. The maximum Gasteiger partial charge on any atom is 0.360 e. The third-order valence-corrected chi connectivity index (χ3v) is 4.31. The first-order chi connectivity index (χ1) is 15.5. The maximum atomic E-state index is 12.2. The third-order valence-electron chi connectivity index (χ3n) is 4.31. The molecule has 0 spiro atoms. The summed E-state index contributed by atoms with van der Waals surface area (Å²) in [6.45, 7) is 1.93. The van der Waals surface area contributed by atoms with E-state index in [1.807, 2.05) is 0 Å². The van der Waals surface area contributed by atoms with Gasteiger partial charge < -0.3 is 9.84 Å². The molecule has 1 aromatic heterocycles. The number of carbonyl (C=O) groups is 3. The molecule has 0 fully saturated rings. The van der Waals surface area contributed by atoms with E-state index in [2.05, 4.69) is 10.3 Å². The van der Waals surface area contributed by atoms with Gasteiger partial charge in [-0.2, -0.15) is 0 Å². The zero-order valence-corrected chi connectivity index (χ0v) is 17.3. The molecule has 3 rings (SSSR count). The summed E-state index contributed by atoms with van der Waals surface area (Å²) in [4.78, 5) is 36.1. The molecule has 32 heavy (non-hydrogen) atoms. The van der Waals surface area contributed by atoms with Crippen LogP contribution in [-0.4, -0.2) is 44.2 Å². The number of hydrogen-bond acceptors (Lipinski definition) is 7. The molecule has 1 heterocycles. The van der Waals surface area contributed by atoms with E-state index >= 15 is 0 Å². The number of phenolic OH excluding ortho intramolecular Hbond substituents is 1. The Bertz CT molecular complexity index is 1180. The minimum absolute atomic E-state index is 0.0766. The van der Waals surface area contributed by atoms with Crippen molar-refractivity contribution < 1.29 is 24.2 Å². The summed E-state index contributed by atoms with van der Waals surface area (Å²) >= 11 is 0. The Morgan fingerprint density at radius 1 is 1.00 bits per heavy atom. The molecular weight excluding hydrogens is 410 g/mol. The highest BCUT2D eigenvalue weighted by atomic mass is 16.5. The molecule has 0 saturated carbocycles. The fourth-order valence-corrected chi connectivity index (χ4v) is 2.76. The zero-order chi connectivity index (χ0) is 22.9. The second-order valence-corrected chi connectivity index (χ2v) is 6.70. The van der Waals surface area contributed by atoms with Crippen LogP contribution in [0.4, 0.5) is 0 Å². The van der Waals surface area contributed by atoms with Crippen LogP contribution in [-0.2, 0) is 14.3 Å². The van der Waals surface area contributed by atoms with E-state index in [1.165, 1.54) is 35.2 Å². The largest absolute Gasteiger partial charge is 0.508 e. The van der Waals surface area contributed by atoms with Crippen LogP contribution >= 0.6 is 0 Å². The second-order valence-electron chi connectivity index (χ2n) is 6.70. The van der Waals surface area contributed by atoms with Gasteiger partial charge in [0.15, 0.2) is 17.3 Å². The number of benzene rings is 2. The normalized spacial score (nSPS) is 11.2. The molecule has 0 atom stereocenters. The Balaban J connectivity index is 1.66. The summed E-state index contributed by atoms with van der Waals surface area (Å²) in [6.07, 6.45) is 7.00. The number of hydrogen-bond donors (Lipinski definition) is 1. The minimum Gasteiger partial charge on any atom is -0.508 e. The van der Waals surface area contributed by atoms with Crippen molar-refractivity contribution in [3.05, 3.63) is 83.7 Å². The van der Waals surface area contributed by atoms with Gasteiger partial charge in [0.1, 0.15) is 5.75 Å². The van der Waals surface area contributed by atoms with Gasteiger partial charge in [-0.05, 0) is 48.9 Å². The Labute approximate surface area is 184 Å². The first-order valence-electron chi connectivity index (χ1n) is 9.86. The smallest absolute Gasteiger partial charge is 0.360 e. The molecule has 0 aliphatic rings. The van der Waals surface area contributed by atoms with Crippen molar-refractivity contribution >= 4 is 29.7 Å². The lowest BCUT2D eigenvalue weighted by Crippen LogP contribution is -2.04. The Morgan fingerprint density at radius 3 is 2.41 bits per heavy atom. The molecule has 0 unspecified atom stereocenters. The van der Waals surface area contributed by atoms with Crippen LogP contribution in [0.3, 0.4) is 0 Å². The average Bonchev–Trinajstić information content (AvgIpc) is 3.28. The van der Waals surface area contributed by atoms with Crippen LogP contribution in [0.5, 0.6) is 5.75 Å². The van der Waals surface area contributed by atoms with E-state index in [1.54, 1.807) is 55.5 Å². The number of rotatable bonds is 9. The summed E-state index contributed by atoms with van der Waals surface area (Å²) in [6, 6.07) is 13.5.